The first-order chi connectivity index (χ1) is 9.76. The molecule has 110 valence electrons. The van der Waals surface area contributed by atoms with E-state index in [4.69, 9.17) is 10.1 Å². The molecule has 1 atom stereocenters. The van der Waals surface area contributed by atoms with Gasteiger partial charge in [-0.15, -0.1) is 0 Å². The first-order valence-corrected chi connectivity index (χ1v) is 7.52. The molecule has 0 bridgehead atoms. The molecule has 2 rings (SSSR count). The van der Waals surface area contributed by atoms with Crippen molar-refractivity contribution in [3.05, 3.63) is 30.1 Å². The van der Waals surface area contributed by atoms with Crippen LogP contribution in [0.15, 0.2) is 24.3 Å². The van der Waals surface area contributed by atoms with Crippen LogP contribution in [0.1, 0.15) is 32.5 Å². The van der Waals surface area contributed by atoms with Crippen molar-refractivity contribution in [3.8, 4) is 0 Å². The second-order valence-corrected chi connectivity index (χ2v) is 5.42. The van der Waals surface area contributed by atoms with Crippen LogP contribution in [0.25, 0.3) is 11.0 Å². The number of hydrogen-bond donors (Lipinski definition) is 2. The van der Waals surface area contributed by atoms with Gasteiger partial charge < -0.3 is 15.0 Å². The molecule has 0 fully saturated rings. The summed E-state index contributed by atoms with van der Waals surface area (Å²) in [4.78, 5) is 4.73. The number of benzene rings is 1. The number of nitrogens with one attached hydrogen (secondary N) is 1. The molecule has 0 aliphatic carbocycles. The van der Waals surface area contributed by atoms with Gasteiger partial charge in [0.1, 0.15) is 5.82 Å². The van der Waals surface area contributed by atoms with Crippen LogP contribution in [0.3, 0.4) is 0 Å². The van der Waals surface area contributed by atoms with Crippen LogP contribution >= 0.6 is 0 Å². The summed E-state index contributed by atoms with van der Waals surface area (Å²) in [7, 11) is 0. The molecular formula is C16H25N3O. The van der Waals surface area contributed by atoms with E-state index in [1.54, 1.807) is 0 Å². The van der Waals surface area contributed by atoms with Gasteiger partial charge >= 0.3 is 0 Å². The highest BCUT2D eigenvalue weighted by molar-refractivity contribution is 5.75. The summed E-state index contributed by atoms with van der Waals surface area (Å²) in [5.41, 5.74) is 2.29. The fourth-order valence-electron chi connectivity index (χ4n) is 2.49. The van der Waals surface area contributed by atoms with Crippen molar-refractivity contribution in [2.75, 3.05) is 13.2 Å². The molecule has 1 aromatic heterocycles. The number of rotatable bonds is 8. The Morgan fingerprint density at radius 1 is 1.35 bits per heavy atom. The molecule has 2 N–H and O–H groups in total. The molecule has 0 saturated heterocycles. The predicted molar refractivity (Wildman–Crippen MR) is 82.6 cm³/mol. The molecule has 0 saturated carbocycles. The molecule has 1 heterocycles. The minimum absolute atomic E-state index is 0.261. The Morgan fingerprint density at radius 3 is 2.90 bits per heavy atom. The normalized spacial score (nSPS) is 12.9. The average molecular weight is 275 g/mol. The Labute approximate surface area is 120 Å². The molecule has 4 heteroatoms. The van der Waals surface area contributed by atoms with Gasteiger partial charge in [0.2, 0.25) is 0 Å². The van der Waals surface area contributed by atoms with Gasteiger partial charge in [0.25, 0.3) is 0 Å². The molecule has 0 aliphatic rings. The number of nitrogens with zero attached hydrogens (tertiary/aromatic N) is 2. The lowest BCUT2D eigenvalue weighted by molar-refractivity contribution is 0.260. The molecule has 20 heavy (non-hydrogen) atoms. The largest absolute Gasteiger partial charge is 0.396 e. The number of imidazole rings is 1. The number of hydrogen-bond acceptors (Lipinski definition) is 3. The van der Waals surface area contributed by atoms with Gasteiger partial charge in [-0.3, -0.25) is 0 Å². The van der Waals surface area contributed by atoms with Crippen molar-refractivity contribution in [1.29, 1.82) is 0 Å². The SMILES string of the molecule is CCCn1c(CNCC(C)CCO)nc2ccccc21. The number of aromatic nitrogens is 2. The predicted octanol–water partition coefficient (Wildman–Crippen LogP) is 2.55. The third-order valence-electron chi connectivity index (χ3n) is 3.58. The van der Waals surface area contributed by atoms with E-state index >= 15 is 0 Å². The lowest BCUT2D eigenvalue weighted by atomic mass is 10.1. The first-order valence-electron chi connectivity index (χ1n) is 7.52. The van der Waals surface area contributed by atoms with Gasteiger partial charge in [-0.2, -0.15) is 0 Å². The lowest BCUT2D eigenvalue weighted by Crippen LogP contribution is -2.23. The highest BCUT2D eigenvalue weighted by Gasteiger charge is 2.09. The maximum atomic E-state index is 8.92. The van der Waals surface area contributed by atoms with Crippen molar-refractivity contribution < 1.29 is 5.11 Å². The molecule has 2 aromatic rings. The fraction of sp³-hybridized carbons (Fsp3) is 0.562. The quantitative estimate of drug-likeness (QED) is 0.778. The molecule has 0 spiro atoms. The number of aliphatic hydroxyl groups excluding tert-OH is 1. The van der Waals surface area contributed by atoms with Crippen molar-refractivity contribution in [1.82, 2.24) is 14.9 Å². The van der Waals surface area contributed by atoms with Gasteiger partial charge in [-0.05, 0) is 37.4 Å². The van der Waals surface area contributed by atoms with Gasteiger partial charge in [-0.25, -0.2) is 4.98 Å². The summed E-state index contributed by atoms with van der Waals surface area (Å²) >= 11 is 0. The van der Waals surface area contributed by atoms with Crippen LogP contribution in [-0.4, -0.2) is 27.8 Å². The van der Waals surface area contributed by atoms with E-state index in [0.717, 1.165) is 43.8 Å². The van der Waals surface area contributed by atoms with E-state index in [1.807, 2.05) is 6.07 Å². The van der Waals surface area contributed by atoms with Crippen LogP contribution in [-0.2, 0) is 13.1 Å². The number of aliphatic hydroxyl groups is 1. The second-order valence-electron chi connectivity index (χ2n) is 5.42. The smallest absolute Gasteiger partial charge is 0.123 e. The topological polar surface area (TPSA) is 50.1 Å². The van der Waals surface area contributed by atoms with Crippen LogP contribution < -0.4 is 5.32 Å². The van der Waals surface area contributed by atoms with E-state index in [2.05, 4.69) is 41.9 Å². The van der Waals surface area contributed by atoms with Crippen molar-refractivity contribution in [3.63, 3.8) is 0 Å². The third kappa shape index (κ3) is 3.58. The lowest BCUT2D eigenvalue weighted by Gasteiger charge is -2.12. The van der Waals surface area contributed by atoms with E-state index < -0.39 is 0 Å². The minimum Gasteiger partial charge on any atom is -0.396 e. The molecule has 0 radical (unpaired) electrons. The Balaban J connectivity index is 2.06. The number of aryl methyl sites for hydroxylation is 1. The van der Waals surface area contributed by atoms with Gasteiger partial charge in [0.05, 0.1) is 17.6 Å². The Morgan fingerprint density at radius 2 is 2.15 bits per heavy atom. The first kappa shape index (κ1) is 15.0. The van der Waals surface area contributed by atoms with Gasteiger partial charge in [-0.1, -0.05) is 26.0 Å². The number of fused-ring (bicyclic) bond motifs is 1. The maximum Gasteiger partial charge on any atom is 0.123 e. The molecule has 0 aliphatic heterocycles. The summed E-state index contributed by atoms with van der Waals surface area (Å²) in [5.74, 6) is 1.59. The van der Waals surface area contributed by atoms with E-state index in [-0.39, 0.29) is 6.61 Å². The summed E-state index contributed by atoms with van der Waals surface area (Å²) in [6, 6.07) is 8.30. The summed E-state index contributed by atoms with van der Waals surface area (Å²) in [5, 5.41) is 12.4. The van der Waals surface area contributed by atoms with E-state index in [0.29, 0.717) is 5.92 Å². The van der Waals surface area contributed by atoms with Crippen molar-refractivity contribution in [2.45, 2.75) is 39.8 Å². The van der Waals surface area contributed by atoms with Crippen LogP contribution in [0, 0.1) is 5.92 Å². The maximum absolute atomic E-state index is 8.92. The van der Waals surface area contributed by atoms with Crippen molar-refractivity contribution >= 4 is 11.0 Å². The summed E-state index contributed by atoms with van der Waals surface area (Å²) < 4.78 is 2.30. The van der Waals surface area contributed by atoms with Gasteiger partial charge in [0.15, 0.2) is 0 Å². The van der Waals surface area contributed by atoms with E-state index in [9.17, 15) is 0 Å². The Kier molecular flexibility index (Phi) is 5.56. The standard InChI is InChI=1S/C16H25N3O/c1-3-9-19-15-7-5-4-6-14(15)18-16(19)12-17-11-13(2)8-10-20/h4-7,13,17,20H,3,8-12H2,1-2H3. The summed E-state index contributed by atoms with van der Waals surface area (Å²) in [6.07, 6.45) is 1.95. The number of para-hydroxylation sites is 2. The highest BCUT2D eigenvalue weighted by atomic mass is 16.3. The molecule has 4 nitrogen and oxygen atoms in total. The zero-order chi connectivity index (χ0) is 14.4. The zero-order valence-electron chi connectivity index (χ0n) is 12.5. The molecule has 1 unspecified atom stereocenters. The second kappa shape index (κ2) is 7.41. The Hall–Kier alpha value is -1.39. The average Bonchev–Trinajstić information content (AvgIpc) is 2.78. The monoisotopic (exact) mass is 275 g/mol. The van der Waals surface area contributed by atoms with Crippen molar-refractivity contribution in [2.24, 2.45) is 5.92 Å². The molecular weight excluding hydrogens is 250 g/mol. The minimum atomic E-state index is 0.261. The van der Waals surface area contributed by atoms with Crippen LogP contribution in [0.2, 0.25) is 0 Å². The zero-order valence-corrected chi connectivity index (χ0v) is 12.5. The molecule has 1 aromatic carbocycles. The van der Waals surface area contributed by atoms with Gasteiger partial charge in [0, 0.05) is 13.2 Å². The third-order valence-corrected chi connectivity index (χ3v) is 3.58. The summed E-state index contributed by atoms with van der Waals surface area (Å²) in [6.45, 7) is 7.30. The Bertz CT molecular complexity index is 536. The fourth-order valence-corrected chi connectivity index (χ4v) is 2.49. The van der Waals surface area contributed by atoms with E-state index in [1.165, 1.54) is 5.52 Å². The highest BCUT2D eigenvalue weighted by Crippen LogP contribution is 2.16. The van der Waals surface area contributed by atoms with Crippen LogP contribution in [0.5, 0.6) is 0 Å². The van der Waals surface area contributed by atoms with Crippen LogP contribution in [0.4, 0.5) is 0 Å². The molecule has 0 amide bonds.